The van der Waals surface area contributed by atoms with Crippen LogP contribution in [0.2, 0.25) is 0 Å². The van der Waals surface area contributed by atoms with Crippen molar-refractivity contribution in [2.45, 2.75) is 424 Å². The molecule has 4 heteroatoms. The first-order valence-electron chi connectivity index (χ1n) is 34.9. The highest BCUT2D eigenvalue weighted by Crippen LogP contribution is 2.20. The number of hydrogen-bond donors (Lipinski definition) is 3. The lowest BCUT2D eigenvalue weighted by atomic mass is 10.0. The average molecular weight is 1040 g/mol. The van der Waals surface area contributed by atoms with Gasteiger partial charge in [0.1, 0.15) is 0 Å². The van der Waals surface area contributed by atoms with Gasteiger partial charge in [0.15, 0.2) is 0 Å². The molecule has 442 valence electrons. The minimum absolute atomic E-state index is 0.0206. The lowest BCUT2D eigenvalue weighted by molar-refractivity contribution is -0.123. The maximum atomic E-state index is 12.6. The summed E-state index contributed by atoms with van der Waals surface area (Å²) in [5.41, 5.74) is 0. The highest BCUT2D eigenvalue weighted by atomic mass is 16.3. The Balaban J connectivity index is 3.37. The van der Waals surface area contributed by atoms with E-state index in [2.05, 4.69) is 31.3 Å². The second kappa shape index (κ2) is 66.4. The Labute approximate surface area is 467 Å². The molecule has 0 aliphatic carbocycles. The van der Waals surface area contributed by atoms with E-state index in [1.807, 2.05) is 0 Å². The normalized spacial score (nSPS) is 12.6. The molecule has 0 heterocycles. The van der Waals surface area contributed by atoms with Crippen LogP contribution >= 0.6 is 0 Å². The zero-order valence-electron chi connectivity index (χ0n) is 51.2. The van der Waals surface area contributed by atoms with Gasteiger partial charge in [0.25, 0.3) is 0 Å². The minimum atomic E-state index is -0.658. The molecule has 2 unspecified atom stereocenters. The summed E-state index contributed by atoms with van der Waals surface area (Å²) in [7, 11) is 0. The van der Waals surface area contributed by atoms with Crippen LogP contribution in [-0.2, 0) is 4.79 Å². The Morgan fingerprint density at radius 3 is 0.743 bits per heavy atom. The fourth-order valence-electron chi connectivity index (χ4n) is 11.5. The molecule has 0 rings (SSSR count). The van der Waals surface area contributed by atoms with Gasteiger partial charge in [-0.2, -0.15) is 0 Å². The lowest BCUT2D eigenvalue weighted by Gasteiger charge is -2.22. The number of unbranched alkanes of at least 4 members (excludes halogenated alkanes) is 57. The van der Waals surface area contributed by atoms with Crippen molar-refractivity contribution in [3.63, 3.8) is 0 Å². The van der Waals surface area contributed by atoms with E-state index in [4.69, 9.17) is 0 Å². The van der Waals surface area contributed by atoms with E-state index < -0.39 is 12.1 Å². The first-order valence-corrected chi connectivity index (χ1v) is 34.9. The molecule has 0 fully saturated rings. The third-order valence-electron chi connectivity index (χ3n) is 16.8. The summed E-state index contributed by atoms with van der Waals surface area (Å²) in [5.74, 6) is -0.0206. The largest absolute Gasteiger partial charge is 0.394 e. The number of aliphatic hydroxyl groups is 2. The van der Waals surface area contributed by atoms with Crippen LogP contribution in [-0.4, -0.2) is 34.9 Å². The number of amides is 1. The summed E-state index contributed by atoms with van der Waals surface area (Å²) < 4.78 is 0. The van der Waals surface area contributed by atoms with Gasteiger partial charge in [-0.3, -0.25) is 4.79 Å². The molecule has 0 bridgehead atoms. The van der Waals surface area contributed by atoms with Crippen molar-refractivity contribution in [1.29, 1.82) is 0 Å². The molecule has 0 aliphatic rings. The van der Waals surface area contributed by atoms with E-state index in [-0.39, 0.29) is 12.5 Å². The van der Waals surface area contributed by atoms with E-state index in [0.29, 0.717) is 12.8 Å². The predicted octanol–water partition coefficient (Wildman–Crippen LogP) is 23.6. The number of carbonyl (C=O) groups is 1. The maximum Gasteiger partial charge on any atom is 0.220 e. The van der Waals surface area contributed by atoms with Gasteiger partial charge in [0, 0.05) is 6.42 Å². The van der Waals surface area contributed by atoms with Crippen molar-refractivity contribution in [2.75, 3.05) is 6.61 Å². The number of allylic oxidation sites excluding steroid dienone is 2. The van der Waals surface area contributed by atoms with Crippen LogP contribution in [0.5, 0.6) is 0 Å². The standard InChI is InChI=1S/C70H139NO3/c1-3-5-7-9-11-13-15-17-19-21-23-25-27-29-31-33-34-35-36-38-40-42-44-46-48-50-52-54-56-58-60-62-64-66-70(74)71-68(67-72)69(73)65-63-61-59-57-55-53-51-49-47-45-43-41-39-37-32-30-28-26-24-22-20-18-16-14-12-10-8-6-4-2/h21,23,68-69,72-73H,3-20,22,24-67H2,1-2H3,(H,71,74)/b23-21-. The zero-order valence-corrected chi connectivity index (χ0v) is 51.2. The molecular formula is C70H139NO3. The van der Waals surface area contributed by atoms with Gasteiger partial charge in [0.2, 0.25) is 5.91 Å². The van der Waals surface area contributed by atoms with E-state index in [9.17, 15) is 15.0 Å². The second-order valence-corrected chi connectivity index (χ2v) is 24.3. The number of nitrogens with one attached hydrogen (secondary N) is 1. The van der Waals surface area contributed by atoms with Gasteiger partial charge in [-0.1, -0.05) is 379 Å². The van der Waals surface area contributed by atoms with Gasteiger partial charge in [-0.25, -0.2) is 0 Å². The van der Waals surface area contributed by atoms with Crippen molar-refractivity contribution >= 4 is 5.91 Å². The van der Waals surface area contributed by atoms with E-state index >= 15 is 0 Å². The summed E-state index contributed by atoms with van der Waals surface area (Å²) in [6.45, 7) is 4.41. The number of carbonyl (C=O) groups excluding carboxylic acids is 1. The Morgan fingerprint density at radius 1 is 0.311 bits per heavy atom. The molecule has 0 aliphatic heterocycles. The van der Waals surface area contributed by atoms with Crippen molar-refractivity contribution in [1.82, 2.24) is 5.32 Å². The van der Waals surface area contributed by atoms with Crippen LogP contribution in [0.1, 0.15) is 412 Å². The molecule has 2 atom stereocenters. The molecule has 74 heavy (non-hydrogen) atoms. The molecular weight excluding hydrogens is 903 g/mol. The van der Waals surface area contributed by atoms with Crippen LogP contribution in [0.15, 0.2) is 12.2 Å². The molecule has 0 aromatic rings. The monoisotopic (exact) mass is 1040 g/mol. The fraction of sp³-hybridized carbons (Fsp3) is 0.957. The van der Waals surface area contributed by atoms with Crippen molar-refractivity contribution in [3.8, 4) is 0 Å². The summed E-state index contributed by atoms with van der Waals surface area (Å²) >= 11 is 0. The third kappa shape index (κ3) is 62.0. The van der Waals surface area contributed by atoms with Crippen LogP contribution in [0, 0.1) is 0 Å². The van der Waals surface area contributed by atoms with Crippen LogP contribution < -0.4 is 5.32 Å². The molecule has 3 N–H and O–H groups in total. The van der Waals surface area contributed by atoms with Gasteiger partial charge >= 0.3 is 0 Å². The number of aliphatic hydroxyl groups excluding tert-OH is 2. The van der Waals surface area contributed by atoms with Crippen LogP contribution in [0.25, 0.3) is 0 Å². The summed E-state index contributed by atoms with van der Waals surface area (Å²) in [4.78, 5) is 12.6. The smallest absolute Gasteiger partial charge is 0.220 e. The molecule has 0 aromatic carbocycles. The third-order valence-corrected chi connectivity index (χ3v) is 16.8. The molecule has 0 spiro atoms. The Bertz CT molecular complexity index is 1040. The molecule has 0 saturated heterocycles. The topological polar surface area (TPSA) is 69.6 Å². The highest BCUT2D eigenvalue weighted by molar-refractivity contribution is 5.76. The van der Waals surface area contributed by atoms with Crippen molar-refractivity contribution < 1.29 is 15.0 Å². The highest BCUT2D eigenvalue weighted by Gasteiger charge is 2.20. The molecule has 0 radical (unpaired) electrons. The molecule has 1 amide bonds. The number of rotatable bonds is 66. The predicted molar refractivity (Wildman–Crippen MR) is 332 cm³/mol. The first-order chi connectivity index (χ1) is 36.7. The zero-order chi connectivity index (χ0) is 53.4. The van der Waals surface area contributed by atoms with Crippen LogP contribution in [0.4, 0.5) is 0 Å². The van der Waals surface area contributed by atoms with Crippen molar-refractivity contribution in [2.24, 2.45) is 0 Å². The minimum Gasteiger partial charge on any atom is -0.394 e. The van der Waals surface area contributed by atoms with Gasteiger partial charge in [-0.15, -0.1) is 0 Å². The average Bonchev–Trinajstić information content (AvgIpc) is 3.40. The Hall–Kier alpha value is -0.870. The summed E-state index contributed by atoms with van der Waals surface area (Å²) in [5, 5.41) is 23.5. The van der Waals surface area contributed by atoms with Gasteiger partial charge in [0.05, 0.1) is 18.8 Å². The van der Waals surface area contributed by atoms with Crippen molar-refractivity contribution in [3.05, 3.63) is 12.2 Å². The molecule has 0 saturated carbocycles. The fourth-order valence-corrected chi connectivity index (χ4v) is 11.5. The quantitative estimate of drug-likeness (QED) is 0.0420. The second-order valence-electron chi connectivity index (χ2n) is 24.3. The molecule has 4 nitrogen and oxygen atoms in total. The SMILES string of the molecule is CCCCCCCCCC/C=C\CCCCCCCCCCCCCCCCCCCCCCCC(=O)NC(CO)C(O)CCCCCCCCCCCCCCCCCCCCCCCCCCCCCCC. The van der Waals surface area contributed by atoms with E-state index in [1.54, 1.807) is 0 Å². The van der Waals surface area contributed by atoms with Gasteiger partial charge < -0.3 is 15.5 Å². The van der Waals surface area contributed by atoms with Crippen LogP contribution in [0.3, 0.4) is 0 Å². The summed E-state index contributed by atoms with van der Waals surface area (Å²) in [6.07, 6.45) is 88.4. The van der Waals surface area contributed by atoms with Gasteiger partial charge in [-0.05, 0) is 38.5 Å². The summed E-state index contributed by atoms with van der Waals surface area (Å²) in [6, 6.07) is -0.534. The Morgan fingerprint density at radius 2 is 0.514 bits per heavy atom. The van der Waals surface area contributed by atoms with E-state index in [1.165, 1.54) is 360 Å². The van der Waals surface area contributed by atoms with E-state index in [0.717, 1.165) is 25.7 Å². The Kier molecular flexibility index (Phi) is 65.6. The maximum absolute atomic E-state index is 12.6. The molecule has 0 aromatic heterocycles. The first kappa shape index (κ1) is 73.1. The lowest BCUT2D eigenvalue weighted by Crippen LogP contribution is -2.45. The number of hydrogen-bond acceptors (Lipinski definition) is 3.